The number of hydrogen-bond donors (Lipinski definition) is 0. The predicted molar refractivity (Wildman–Crippen MR) is 95.3 cm³/mol. The van der Waals surface area contributed by atoms with Crippen LogP contribution in [0, 0.1) is 0 Å². The van der Waals surface area contributed by atoms with E-state index in [1.54, 1.807) is 14.2 Å². The summed E-state index contributed by atoms with van der Waals surface area (Å²) in [6.45, 7) is 4.41. The van der Waals surface area contributed by atoms with Crippen LogP contribution in [0.25, 0.3) is 0 Å². The van der Waals surface area contributed by atoms with Gasteiger partial charge in [0.1, 0.15) is 0 Å². The summed E-state index contributed by atoms with van der Waals surface area (Å²) < 4.78 is 11.0. The van der Waals surface area contributed by atoms with Gasteiger partial charge in [0, 0.05) is 31.9 Å². The number of unbranched alkanes of at least 4 members (excludes halogenated alkanes) is 4. The first-order valence-electron chi connectivity index (χ1n) is 8.40. The zero-order valence-corrected chi connectivity index (χ0v) is 16.3. The van der Waals surface area contributed by atoms with Crippen molar-refractivity contribution in [3.8, 4) is 0 Å². The first-order valence-corrected chi connectivity index (χ1v) is 11.0. The standard InChI is InChI=1S/C16H34O3SSi/c1-5-7-8-9-10-12-16(17)20-14-13-15(11-6-2)21(18-3)19-4/h15,21H,5-14H2,1-4H3. The van der Waals surface area contributed by atoms with Crippen LogP contribution in [0.3, 0.4) is 0 Å². The van der Waals surface area contributed by atoms with Gasteiger partial charge in [-0.05, 0) is 19.3 Å². The van der Waals surface area contributed by atoms with Gasteiger partial charge in [0.05, 0.1) is 0 Å². The molecule has 3 nitrogen and oxygen atoms in total. The predicted octanol–water partition coefficient (Wildman–Crippen LogP) is 4.68. The molecule has 0 saturated heterocycles. The van der Waals surface area contributed by atoms with Crippen molar-refractivity contribution in [2.45, 2.75) is 77.2 Å². The lowest BCUT2D eigenvalue weighted by atomic mass is 10.1. The monoisotopic (exact) mass is 334 g/mol. The van der Waals surface area contributed by atoms with E-state index < -0.39 is 9.28 Å². The molecule has 0 aliphatic heterocycles. The van der Waals surface area contributed by atoms with Crippen molar-refractivity contribution in [1.82, 2.24) is 0 Å². The quantitative estimate of drug-likeness (QED) is 0.341. The molecule has 0 aliphatic rings. The summed E-state index contributed by atoms with van der Waals surface area (Å²) in [7, 11) is 1.95. The zero-order valence-electron chi connectivity index (χ0n) is 14.4. The van der Waals surface area contributed by atoms with Crippen molar-refractivity contribution in [2.75, 3.05) is 20.0 Å². The zero-order chi connectivity index (χ0) is 15.9. The summed E-state index contributed by atoms with van der Waals surface area (Å²) in [6.07, 6.45) is 10.1. The molecule has 1 unspecified atom stereocenters. The van der Waals surface area contributed by atoms with Crippen LogP contribution in [0.1, 0.15) is 71.6 Å². The molecule has 0 rings (SSSR count). The van der Waals surface area contributed by atoms with Crippen LogP contribution in [0.2, 0.25) is 5.54 Å². The molecular weight excluding hydrogens is 300 g/mol. The van der Waals surface area contributed by atoms with Gasteiger partial charge in [0.25, 0.3) is 0 Å². The van der Waals surface area contributed by atoms with E-state index in [1.165, 1.54) is 37.4 Å². The van der Waals surface area contributed by atoms with Gasteiger partial charge in [-0.1, -0.05) is 57.7 Å². The fourth-order valence-electron chi connectivity index (χ4n) is 2.54. The Morgan fingerprint density at radius 2 is 1.67 bits per heavy atom. The van der Waals surface area contributed by atoms with Gasteiger partial charge in [0.15, 0.2) is 5.12 Å². The van der Waals surface area contributed by atoms with Crippen molar-refractivity contribution < 1.29 is 13.6 Å². The summed E-state index contributed by atoms with van der Waals surface area (Å²) >= 11 is 1.50. The van der Waals surface area contributed by atoms with Gasteiger partial charge < -0.3 is 8.85 Å². The van der Waals surface area contributed by atoms with Gasteiger partial charge >= 0.3 is 9.28 Å². The van der Waals surface area contributed by atoms with E-state index in [-0.39, 0.29) is 0 Å². The third-order valence-corrected chi connectivity index (χ3v) is 7.08. The Bertz CT molecular complexity index is 248. The summed E-state index contributed by atoms with van der Waals surface area (Å²) in [6, 6.07) is 0. The van der Waals surface area contributed by atoms with Crippen molar-refractivity contribution in [2.24, 2.45) is 0 Å². The third-order valence-electron chi connectivity index (χ3n) is 3.75. The van der Waals surface area contributed by atoms with Crippen LogP contribution in [0.4, 0.5) is 0 Å². The average Bonchev–Trinajstić information content (AvgIpc) is 2.48. The molecule has 5 heteroatoms. The van der Waals surface area contributed by atoms with Crippen molar-refractivity contribution in [3.05, 3.63) is 0 Å². The highest BCUT2D eigenvalue weighted by Crippen LogP contribution is 2.25. The summed E-state index contributed by atoms with van der Waals surface area (Å²) in [5.41, 5.74) is 0.523. The Morgan fingerprint density at radius 3 is 2.24 bits per heavy atom. The maximum atomic E-state index is 11.8. The fourth-order valence-corrected chi connectivity index (χ4v) is 5.72. The molecule has 0 radical (unpaired) electrons. The highest BCUT2D eigenvalue weighted by Gasteiger charge is 2.23. The number of rotatable bonds is 14. The van der Waals surface area contributed by atoms with E-state index in [1.807, 2.05) is 0 Å². The highest BCUT2D eigenvalue weighted by atomic mass is 32.2. The van der Waals surface area contributed by atoms with E-state index >= 15 is 0 Å². The minimum Gasteiger partial charge on any atom is -0.400 e. The van der Waals surface area contributed by atoms with Gasteiger partial charge in [-0.15, -0.1) is 0 Å². The van der Waals surface area contributed by atoms with Gasteiger partial charge in [0.2, 0.25) is 0 Å². The molecule has 1 atom stereocenters. The Hall–Kier alpha value is 0.157. The van der Waals surface area contributed by atoms with Gasteiger partial charge in [-0.25, -0.2) is 0 Å². The minimum atomic E-state index is -1.55. The van der Waals surface area contributed by atoms with E-state index in [0.717, 1.165) is 37.9 Å². The second kappa shape index (κ2) is 15.1. The first kappa shape index (κ1) is 21.2. The lowest BCUT2D eigenvalue weighted by Gasteiger charge is -2.21. The smallest absolute Gasteiger partial charge is 0.324 e. The molecule has 0 heterocycles. The molecule has 0 aromatic carbocycles. The molecular formula is C16H34O3SSi. The fraction of sp³-hybridized carbons (Fsp3) is 0.938. The molecule has 0 aliphatic carbocycles. The summed E-state index contributed by atoms with van der Waals surface area (Å²) in [5.74, 6) is 0.911. The van der Waals surface area contributed by atoms with Crippen LogP contribution < -0.4 is 0 Å². The maximum absolute atomic E-state index is 11.8. The third kappa shape index (κ3) is 11.4. The van der Waals surface area contributed by atoms with Gasteiger partial charge in [-0.3, -0.25) is 4.79 Å². The topological polar surface area (TPSA) is 35.5 Å². The van der Waals surface area contributed by atoms with Crippen LogP contribution in [-0.4, -0.2) is 34.4 Å². The van der Waals surface area contributed by atoms with E-state index in [0.29, 0.717) is 10.7 Å². The Kier molecular flexibility index (Phi) is 15.2. The summed E-state index contributed by atoms with van der Waals surface area (Å²) in [4.78, 5) is 11.8. The van der Waals surface area contributed by atoms with Crippen molar-refractivity contribution in [1.29, 1.82) is 0 Å². The van der Waals surface area contributed by atoms with Crippen LogP contribution in [-0.2, 0) is 13.6 Å². The summed E-state index contributed by atoms with van der Waals surface area (Å²) in [5, 5.41) is 0.356. The van der Waals surface area contributed by atoms with Crippen molar-refractivity contribution >= 4 is 26.2 Å². The van der Waals surface area contributed by atoms with Crippen LogP contribution >= 0.6 is 11.8 Å². The average molecular weight is 335 g/mol. The molecule has 0 saturated carbocycles. The SMILES string of the molecule is CCCCCCCC(=O)SCCC(CCC)[SiH](OC)OC. The normalized spacial score (nSPS) is 12.8. The van der Waals surface area contributed by atoms with E-state index in [9.17, 15) is 4.79 Å². The largest absolute Gasteiger partial charge is 0.400 e. The van der Waals surface area contributed by atoms with Crippen LogP contribution in [0.15, 0.2) is 0 Å². The second-order valence-electron chi connectivity index (χ2n) is 5.56. The maximum Gasteiger partial charge on any atom is 0.324 e. The van der Waals surface area contributed by atoms with Crippen molar-refractivity contribution in [3.63, 3.8) is 0 Å². The molecule has 0 aromatic heterocycles. The first-order chi connectivity index (χ1) is 10.2. The molecule has 0 amide bonds. The van der Waals surface area contributed by atoms with Crippen LogP contribution in [0.5, 0.6) is 0 Å². The molecule has 21 heavy (non-hydrogen) atoms. The second-order valence-corrected chi connectivity index (χ2v) is 9.34. The lowest BCUT2D eigenvalue weighted by Crippen LogP contribution is -2.26. The number of hydrogen-bond acceptors (Lipinski definition) is 4. The molecule has 0 N–H and O–H groups in total. The molecule has 0 aromatic rings. The number of carbonyl (C=O) groups is 1. The molecule has 0 spiro atoms. The van der Waals surface area contributed by atoms with E-state index in [4.69, 9.17) is 8.85 Å². The Morgan fingerprint density at radius 1 is 1.00 bits per heavy atom. The van der Waals surface area contributed by atoms with Gasteiger partial charge in [-0.2, -0.15) is 0 Å². The Balaban J connectivity index is 3.79. The molecule has 126 valence electrons. The Labute approximate surface area is 137 Å². The number of carbonyl (C=O) groups excluding carboxylic acids is 1. The minimum absolute atomic E-state index is 0.356. The lowest BCUT2D eigenvalue weighted by molar-refractivity contribution is -0.111. The highest BCUT2D eigenvalue weighted by molar-refractivity contribution is 8.13. The van der Waals surface area contributed by atoms with E-state index in [2.05, 4.69) is 13.8 Å². The number of thioether (sulfide) groups is 1. The molecule has 0 fully saturated rings. The molecule has 0 bridgehead atoms.